The lowest BCUT2D eigenvalue weighted by Gasteiger charge is -2.31. The standard InChI is InChI=1S/C11H17N2/c1-10(11-6-5-7-12-11)13-8-3-2-4-9-13/h3,5-7,10,12H,2,4,8-9H2,1H3. The molecule has 2 nitrogen and oxygen atoms in total. The summed E-state index contributed by atoms with van der Waals surface area (Å²) in [6.07, 6.45) is 6.97. The highest BCUT2D eigenvalue weighted by atomic mass is 15.2. The fourth-order valence-corrected chi connectivity index (χ4v) is 1.94. The van der Waals surface area contributed by atoms with Crippen molar-refractivity contribution in [2.24, 2.45) is 0 Å². The number of nitrogens with zero attached hydrogens (tertiary/aromatic N) is 1. The van der Waals surface area contributed by atoms with Crippen molar-refractivity contribution in [3.05, 3.63) is 30.4 Å². The summed E-state index contributed by atoms with van der Waals surface area (Å²) in [5.74, 6) is 0. The van der Waals surface area contributed by atoms with Crippen molar-refractivity contribution >= 4 is 0 Å². The van der Waals surface area contributed by atoms with Gasteiger partial charge in [0.15, 0.2) is 0 Å². The number of hydrogen-bond acceptors (Lipinski definition) is 1. The van der Waals surface area contributed by atoms with E-state index in [1.54, 1.807) is 0 Å². The molecular formula is C11H17N2. The lowest BCUT2D eigenvalue weighted by molar-refractivity contribution is 0.199. The monoisotopic (exact) mass is 177 g/mol. The molecule has 1 aliphatic rings. The summed E-state index contributed by atoms with van der Waals surface area (Å²) in [6.45, 7) is 4.64. The van der Waals surface area contributed by atoms with Gasteiger partial charge in [0.25, 0.3) is 0 Å². The van der Waals surface area contributed by atoms with Crippen LogP contribution in [0.25, 0.3) is 0 Å². The van der Waals surface area contributed by atoms with Crippen LogP contribution in [0.2, 0.25) is 0 Å². The Balaban J connectivity index is 1.99. The summed E-state index contributed by atoms with van der Waals surface area (Å²) in [7, 11) is 0. The molecule has 1 saturated heterocycles. The molecule has 1 aromatic heterocycles. The van der Waals surface area contributed by atoms with Gasteiger partial charge < -0.3 is 4.98 Å². The second-order valence-corrected chi connectivity index (χ2v) is 3.73. The number of hydrogen-bond donors (Lipinski definition) is 1. The number of piperidine rings is 1. The van der Waals surface area contributed by atoms with E-state index >= 15 is 0 Å². The first-order valence-electron chi connectivity index (χ1n) is 5.07. The third kappa shape index (κ3) is 1.94. The van der Waals surface area contributed by atoms with E-state index in [4.69, 9.17) is 0 Å². The van der Waals surface area contributed by atoms with Crippen molar-refractivity contribution in [1.82, 2.24) is 9.88 Å². The Morgan fingerprint density at radius 3 is 3.08 bits per heavy atom. The molecule has 2 heteroatoms. The van der Waals surface area contributed by atoms with Crippen molar-refractivity contribution in [2.45, 2.75) is 25.8 Å². The highest BCUT2D eigenvalue weighted by Crippen LogP contribution is 2.21. The lowest BCUT2D eigenvalue weighted by atomic mass is 10.1. The molecule has 1 N–H and O–H groups in total. The van der Waals surface area contributed by atoms with Crippen LogP contribution < -0.4 is 0 Å². The van der Waals surface area contributed by atoms with E-state index in [-0.39, 0.29) is 0 Å². The summed E-state index contributed by atoms with van der Waals surface area (Å²) in [5, 5.41) is 0. The number of H-pyrrole nitrogens is 1. The number of likely N-dealkylation sites (tertiary alicyclic amines) is 1. The number of aromatic nitrogens is 1. The third-order valence-corrected chi connectivity index (χ3v) is 2.84. The zero-order valence-corrected chi connectivity index (χ0v) is 8.16. The molecule has 13 heavy (non-hydrogen) atoms. The average Bonchev–Trinajstić information content (AvgIpc) is 2.71. The summed E-state index contributed by atoms with van der Waals surface area (Å²) >= 11 is 0. The smallest absolute Gasteiger partial charge is 0.0470 e. The van der Waals surface area contributed by atoms with E-state index in [9.17, 15) is 0 Å². The summed E-state index contributed by atoms with van der Waals surface area (Å²) in [6, 6.07) is 4.77. The molecule has 2 heterocycles. The maximum Gasteiger partial charge on any atom is 0.0470 e. The predicted molar refractivity (Wildman–Crippen MR) is 54.3 cm³/mol. The van der Waals surface area contributed by atoms with Crippen molar-refractivity contribution in [3.8, 4) is 0 Å². The van der Waals surface area contributed by atoms with Crippen LogP contribution in [-0.2, 0) is 0 Å². The van der Waals surface area contributed by atoms with Crippen molar-refractivity contribution < 1.29 is 0 Å². The number of nitrogens with one attached hydrogen (secondary N) is 1. The topological polar surface area (TPSA) is 19.0 Å². The van der Waals surface area contributed by atoms with Crippen LogP contribution in [0.15, 0.2) is 18.3 Å². The molecule has 0 spiro atoms. The van der Waals surface area contributed by atoms with Gasteiger partial charge in [-0.25, -0.2) is 0 Å². The third-order valence-electron chi connectivity index (χ3n) is 2.84. The molecule has 71 valence electrons. The molecule has 1 fully saturated rings. The SMILES string of the molecule is CC(c1ccc[nH]1)N1C[CH]CCC1. The van der Waals surface area contributed by atoms with Gasteiger partial charge in [0, 0.05) is 24.5 Å². The van der Waals surface area contributed by atoms with Gasteiger partial charge in [0.05, 0.1) is 0 Å². The van der Waals surface area contributed by atoms with Crippen LogP contribution in [0.5, 0.6) is 0 Å². The van der Waals surface area contributed by atoms with E-state index < -0.39 is 0 Å². The average molecular weight is 177 g/mol. The first-order valence-corrected chi connectivity index (χ1v) is 5.07. The Morgan fingerprint density at radius 1 is 1.54 bits per heavy atom. The van der Waals surface area contributed by atoms with E-state index in [0.29, 0.717) is 6.04 Å². The zero-order chi connectivity index (χ0) is 9.10. The molecular weight excluding hydrogens is 160 g/mol. The predicted octanol–water partition coefficient (Wildman–Crippen LogP) is 2.38. The normalized spacial score (nSPS) is 21.6. The van der Waals surface area contributed by atoms with Crippen LogP contribution >= 0.6 is 0 Å². The van der Waals surface area contributed by atoms with Gasteiger partial charge in [-0.3, -0.25) is 4.90 Å². The van der Waals surface area contributed by atoms with E-state index in [0.717, 1.165) is 6.54 Å². The highest BCUT2D eigenvalue weighted by molar-refractivity contribution is 5.08. The fraction of sp³-hybridized carbons (Fsp3) is 0.545. The van der Waals surface area contributed by atoms with E-state index in [2.05, 4.69) is 35.4 Å². The minimum atomic E-state index is 0.534. The quantitative estimate of drug-likeness (QED) is 0.734. The molecule has 1 radical (unpaired) electrons. The summed E-state index contributed by atoms with van der Waals surface area (Å²) in [4.78, 5) is 5.79. The van der Waals surface area contributed by atoms with Gasteiger partial charge >= 0.3 is 0 Å². The van der Waals surface area contributed by atoms with Crippen molar-refractivity contribution in [3.63, 3.8) is 0 Å². The Hall–Kier alpha value is -0.760. The van der Waals surface area contributed by atoms with Crippen LogP contribution in [0.4, 0.5) is 0 Å². The molecule has 1 atom stereocenters. The summed E-state index contributed by atoms with van der Waals surface area (Å²) < 4.78 is 0. The van der Waals surface area contributed by atoms with E-state index in [1.807, 2.05) is 6.20 Å². The van der Waals surface area contributed by atoms with Crippen LogP contribution in [-0.4, -0.2) is 23.0 Å². The van der Waals surface area contributed by atoms with Crippen LogP contribution in [0, 0.1) is 6.42 Å². The molecule has 0 saturated carbocycles. The Bertz CT molecular complexity index is 235. The molecule has 0 aromatic carbocycles. The number of rotatable bonds is 2. The Morgan fingerprint density at radius 2 is 2.46 bits per heavy atom. The van der Waals surface area contributed by atoms with Crippen molar-refractivity contribution in [1.29, 1.82) is 0 Å². The van der Waals surface area contributed by atoms with Gasteiger partial charge in [-0.2, -0.15) is 0 Å². The minimum absolute atomic E-state index is 0.534. The molecule has 2 rings (SSSR count). The second kappa shape index (κ2) is 3.97. The first-order chi connectivity index (χ1) is 6.38. The van der Waals surface area contributed by atoms with Gasteiger partial charge in [-0.15, -0.1) is 0 Å². The van der Waals surface area contributed by atoms with Crippen molar-refractivity contribution in [2.75, 3.05) is 13.1 Å². The Labute approximate surface area is 79.9 Å². The molecule has 0 aliphatic carbocycles. The fourth-order valence-electron chi connectivity index (χ4n) is 1.94. The molecule has 0 amide bonds. The van der Waals surface area contributed by atoms with Gasteiger partial charge in [0.1, 0.15) is 0 Å². The maximum absolute atomic E-state index is 3.28. The Kier molecular flexibility index (Phi) is 2.69. The van der Waals surface area contributed by atoms with Gasteiger partial charge in [-0.1, -0.05) is 0 Å². The van der Waals surface area contributed by atoms with E-state index in [1.165, 1.54) is 25.1 Å². The first kappa shape index (κ1) is 8.82. The highest BCUT2D eigenvalue weighted by Gasteiger charge is 2.18. The van der Waals surface area contributed by atoms with Crippen LogP contribution in [0.1, 0.15) is 31.5 Å². The van der Waals surface area contributed by atoms with Gasteiger partial charge in [-0.05, 0) is 44.9 Å². The second-order valence-electron chi connectivity index (χ2n) is 3.73. The molecule has 1 aliphatic heterocycles. The number of aromatic amines is 1. The summed E-state index contributed by atoms with van der Waals surface area (Å²) in [5.41, 5.74) is 1.33. The van der Waals surface area contributed by atoms with Crippen LogP contribution in [0.3, 0.4) is 0 Å². The molecule has 1 aromatic rings. The molecule has 1 unspecified atom stereocenters. The minimum Gasteiger partial charge on any atom is -0.364 e. The lowest BCUT2D eigenvalue weighted by Crippen LogP contribution is -2.32. The molecule has 0 bridgehead atoms. The maximum atomic E-state index is 3.28. The van der Waals surface area contributed by atoms with Gasteiger partial charge in [0.2, 0.25) is 0 Å². The largest absolute Gasteiger partial charge is 0.364 e. The zero-order valence-electron chi connectivity index (χ0n) is 8.16.